The van der Waals surface area contributed by atoms with Gasteiger partial charge < -0.3 is 18.9 Å². The molecule has 1 atom stereocenters. The molecule has 2 aromatic rings. The van der Waals surface area contributed by atoms with Crippen molar-refractivity contribution in [1.82, 2.24) is 0 Å². The molecule has 0 aliphatic heterocycles. The van der Waals surface area contributed by atoms with E-state index in [0.29, 0.717) is 33.9 Å². The minimum Gasteiger partial charge on any atom is -0.497 e. The fraction of sp³-hybridized carbons (Fsp3) is 0.300. The van der Waals surface area contributed by atoms with Gasteiger partial charge in [-0.25, -0.2) is 4.79 Å². The van der Waals surface area contributed by atoms with Crippen LogP contribution in [-0.2, 0) is 4.74 Å². The number of ether oxygens (including phenoxy) is 4. The first-order chi connectivity index (χ1) is 12.9. The summed E-state index contributed by atoms with van der Waals surface area (Å²) in [5.41, 5.74) is 0.679. The summed E-state index contributed by atoms with van der Waals surface area (Å²) in [5, 5.41) is 0. The van der Waals surface area contributed by atoms with Gasteiger partial charge in [0, 0.05) is 5.56 Å². The van der Waals surface area contributed by atoms with Gasteiger partial charge in [-0.1, -0.05) is 0 Å². The van der Waals surface area contributed by atoms with Crippen molar-refractivity contribution in [3.8, 4) is 17.2 Å². The molecule has 0 saturated carbocycles. The molecule has 0 radical (unpaired) electrons. The van der Waals surface area contributed by atoms with Crippen molar-refractivity contribution in [3.05, 3.63) is 52.0 Å². The Bertz CT molecular complexity index is 816. The Morgan fingerprint density at radius 1 is 1.04 bits per heavy atom. The molecule has 6 nitrogen and oxygen atoms in total. The van der Waals surface area contributed by atoms with E-state index in [1.165, 1.54) is 20.1 Å². The van der Waals surface area contributed by atoms with Crippen LogP contribution in [0, 0.1) is 0 Å². The predicted molar refractivity (Wildman–Crippen MR) is 104 cm³/mol. The smallest absolute Gasteiger partial charge is 0.339 e. The highest BCUT2D eigenvalue weighted by Gasteiger charge is 2.22. The van der Waals surface area contributed by atoms with Crippen LogP contribution in [0.2, 0.25) is 0 Å². The Balaban J connectivity index is 2.15. The van der Waals surface area contributed by atoms with Crippen LogP contribution in [0.3, 0.4) is 0 Å². The van der Waals surface area contributed by atoms with Gasteiger partial charge in [0.05, 0.1) is 30.9 Å². The molecule has 1 unspecified atom stereocenters. The van der Waals surface area contributed by atoms with E-state index in [1.54, 1.807) is 37.4 Å². The molecular weight excluding hydrogens is 416 g/mol. The Morgan fingerprint density at radius 3 is 2.26 bits per heavy atom. The Morgan fingerprint density at radius 2 is 1.70 bits per heavy atom. The van der Waals surface area contributed by atoms with E-state index >= 15 is 0 Å². The molecule has 0 aliphatic rings. The van der Waals surface area contributed by atoms with Gasteiger partial charge in [-0.2, -0.15) is 0 Å². The van der Waals surface area contributed by atoms with Gasteiger partial charge >= 0.3 is 5.97 Å². The number of Topliss-reactive ketones (excluding diaryl/α,β-unsaturated/α-hetero) is 1. The van der Waals surface area contributed by atoms with Crippen LogP contribution in [0.15, 0.2) is 40.9 Å². The molecule has 0 N–H and O–H groups in total. The lowest BCUT2D eigenvalue weighted by Gasteiger charge is -2.15. The normalized spacial score (nSPS) is 11.4. The van der Waals surface area contributed by atoms with Gasteiger partial charge in [0.25, 0.3) is 0 Å². The zero-order valence-corrected chi connectivity index (χ0v) is 17.2. The zero-order valence-electron chi connectivity index (χ0n) is 15.6. The Hall–Kier alpha value is -2.54. The van der Waals surface area contributed by atoms with Gasteiger partial charge in [0.2, 0.25) is 5.78 Å². The van der Waals surface area contributed by atoms with Crippen molar-refractivity contribution >= 4 is 27.7 Å². The number of esters is 1. The fourth-order valence-electron chi connectivity index (χ4n) is 2.39. The molecule has 0 heterocycles. The number of methoxy groups -OCH3 is 2. The fourth-order valence-corrected chi connectivity index (χ4v) is 2.95. The average Bonchev–Trinajstić information content (AvgIpc) is 2.68. The maximum Gasteiger partial charge on any atom is 0.339 e. The monoisotopic (exact) mass is 436 g/mol. The molecule has 0 amide bonds. The first-order valence-electron chi connectivity index (χ1n) is 8.30. The first kappa shape index (κ1) is 20.8. The van der Waals surface area contributed by atoms with Crippen molar-refractivity contribution in [2.75, 3.05) is 20.8 Å². The third-order valence-corrected chi connectivity index (χ3v) is 4.37. The molecule has 0 saturated heterocycles. The van der Waals surface area contributed by atoms with Crippen molar-refractivity contribution in [3.63, 3.8) is 0 Å². The van der Waals surface area contributed by atoms with Gasteiger partial charge in [-0.3, -0.25) is 4.79 Å². The van der Waals surface area contributed by atoms with Crippen molar-refractivity contribution in [2.45, 2.75) is 20.0 Å². The predicted octanol–water partition coefficient (Wildman–Crippen LogP) is 4.29. The maximum absolute atomic E-state index is 12.5. The maximum atomic E-state index is 12.5. The van der Waals surface area contributed by atoms with Crippen LogP contribution in [-0.4, -0.2) is 38.7 Å². The van der Waals surface area contributed by atoms with Gasteiger partial charge in [0.15, 0.2) is 17.6 Å². The summed E-state index contributed by atoms with van der Waals surface area (Å²) in [7, 11) is 3.03. The number of benzene rings is 2. The van der Waals surface area contributed by atoms with Gasteiger partial charge in [-0.15, -0.1) is 0 Å². The molecule has 0 fully saturated rings. The lowest BCUT2D eigenvalue weighted by atomic mass is 10.1. The van der Waals surface area contributed by atoms with E-state index in [4.69, 9.17) is 18.9 Å². The van der Waals surface area contributed by atoms with E-state index < -0.39 is 12.1 Å². The van der Waals surface area contributed by atoms with E-state index in [2.05, 4.69) is 15.9 Å². The van der Waals surface area contributed by atoms with Crippen LogP contribution < -0.4 is 14.2 Å². The second-order valence-corrected chi connectivity index (χ2v) is 6.42. The largest absolute Gasteiger partial charge is 0.497 e. The molecule has 0 aliphatic carbocycles. The molecule has 2 aromatic carbocycles. The van der Waals surface area contributed by atoms with Crippen LogP contribution in [0.4, 0.5) is 0 Å². The van der Waals surface area contributed by atoms with E-state index in [1.807, 2.05) is 6.92 Å². The number of ketones is 1. The quantitative estimate of drug-likeness (QED) is 0.453. The standard InChI is InChI=1S/C20H21BrO6/c1-5-26-19-16(21)10-14(11-17(19)25-4)20(23)27-12(2)18(22)13-6-8-15(24-3)9-7-13/h6-12H,5H2,1-4H3. The summed E-state index contributed by atoms with van der Waals surface area (Å²) in [6.07, 6.45) is -0.942. The van der Waals surface area contributed by atoms with Crippen LogP contribution in [0.5, 0.6) is 17.2 Å². The molecule has 7 heteroatoms. The molecule has 0 aromatic heterocycles. The van der Waals surface area contributed by atoms with Gasteiger partial charge in [-0.05, 0) is 66.2 Å². The number of carbonyl (C=O) groups is 2. The van der Waals surface area contributed by atoms with E-state index in [9.17, 15) is 9.59 Å². The van der Waals surface area contributed by atoms with E-state index in [-0.39, 0.29) is 11.3 Å². The summed E-state index contributed by atoms with van der Waals surface area (Å²) in [4.78, 5) is 24.9. The third-order valence-electron chi connectivity index (χ3n) is 3.78. The van der Waals surface area contributed by atoms with Crippen molar-refractivity contribution < 1.29 is 28.5 Å². The Kier molecular flexibility index (Phi) is 7.24. The molecule has 0 spiro atoms. The molecule has 27 heavy (non-hydrogen) atoms. The molecule has 144 valence electrons. The van der Waals surface area contributed by atoms with Crippen LogP contribution in [0.25, 0.3) is 0 Å². The number of hydrogen-bond acceptors (Lipinski definition) is 6. The Labute approximate surface area is 166 Å². The molecular formula is C20H21BrO6. The molecule has 2 rings (SSSR count). The van der Waals surface area contributed by atoms with E-state index in [0.717, 1.165) is 0 Å². The minimum absolute atomic E-state index is 0.247. The number of rotatable bonds is 8. The summed E-state index contributed by atoms with van der Waals surface area (Å²) >= 11 is 3.36. The minimum atomic E-state index is -0.942. The highest BCUT2D eigenvalue weighted by Crippen LogP contribution is 2.37. The topological polar surface area (TPSA) is 71.1 Å². The first-order valence-corrected chi connectivity index (χ1v) is 9.10. The van der Waals surface area contributed by atoms with Crippen molar-refractivity contribution in [2.24, 2.45) is 0 Å². The van der Waals surface area contributed by atoms with Gasteiger partial charge in [0.1, 0.15) is 5.75 Å². The lowest BCUT2D eigenvalue weighted by Crippen LogP contribution is -2.24. The number of carbonyl (C=O) groups excluding carboxylic acids is 2. The summed E-state index contributed by atoms with van der Waals surface area (Å²) in [5.74, 6) is 0.600. The highest BCUT2D eigenvalue weighted by atomic mass is 79.9. The lowest BCUT2D eigenvalue weighted by molar-refractivity contribution is 0.0318. The van der Waals surface area contributed by atoms with Crippen LogP contribution >= 0.6 is 15.9 Å². The summed E-state index contributed by atoms with van der Waals surface area (Å²) in [6.45, 7) is 3.83. The van der Waals surface area contributed by atoms with Crippen LogP contribution in [0.1, 0.15) is 34.6 Å². The summed E-state index contributed by atoms with van der Waals surface area (Å²) < 4.78 is 21.7. The number of hydrogen-bond donors (Lipinski definition) is 0. The summed E-state index contributed by atoms with van der Waals surface area (Å²) in [6, 6.07) is 9.69. The second-order valence-electron chi connectivity index (χ2n) is 5.56. The average molecular weight is 437 g/mol. The zero-order chi connectivity index (χ0) is 20.0. The second kappa shape index (κ2) is 9.41. The number of halogens is 1. The highest BCUT2D eigenvalue weighted by molar-refractivity contribution is 9.10. The molecule has 0 bridgehead atoms. The SMILES string of the molecule is CCOc1c(Br)cc(C(=O)OC(C)C(=O)c2ccc(OC)cc2)cc1OC. The third kappa shape index (κ3) is 5.01. The van der Waals surface area contributed by atoms with Crippen molar-refractivity contribution in [1.29, 1.82) is 0 Å².